The molecule has 0 bridgehead atoms. The number of halogens is 2. The van der Waals surface area contributed by atoms with E-state index in [9.17, 15) is 14.7 Å². The van der Waals surface area contributed by atoms with Gasteiger partial charge < -0.3 is 10.0 Å². The number of carbonyl (C=O) groups is 2. The number of rotatable bonds is 2. The molecule has 0 aromatic heterocycles. The highest BCUT2D eigenvalue weighted by Gasteiger charge is 2.33. The summed E-state index contributed by atoms with van der Waals surface area (Å²) in [6.07, 6.45) is 0.258. The van der Waals surface area contributed by atoms with Gasteiger partial charge in [-0.25, -0.2) is 0 Å². The summed E-state index contributed by atoms with van der Waals surface area (Å²) < 4.78 is 0. The number of nitrogens with zero attached hydrogens (tertiary/aromatic N) is 1. The zero-order chi connectivity index (χ0) is 14.2. The first-order valence-corrected chi connectivity index (χ1v) is 7.17. The van der Waals surface area contributed by atoms with E-state index in [0.717, 1.165) is 11.8 Å². The van der Waals surface area contributed by atoms with E-state index >= 15 is 0 Å². The summed E-state index contributed by atoms with van der Waals surface area (Å²) in [6, 6.07) is 2.89. The molecule has 19 heavy (non-hydrogen) atoms. The summed E-state index contributed by atoms with van der Waals surface area (Å²) >= 11 is 12.8. The number of benzene rings is 1. The average molecular weight is 320 g/mol. The van der Waals surface area contributed by atoms with E-state index in [0.29, 0.717) is 11.6 Å². The van der Waals surface area contributed by atoms with Gasteiger partial charge in [0, 0.05) is 30.2 Å². The highest BCUT2D eigenvalue weighted by Crippen LogP contribution is 2.40. The van der Waals surface area contributed by atoms with Crippen molar-refractivity contribution in [3.8, 4) is 5.75 Å². The van der Waals surface area contributed by atoms with Crippen LogP contribution in [0.15, 0.2) is 12.1 Å². The second kappa shape index (κ2) is 5.61. The molecule has 0 aliphatic carbocycles. The van der Waals surface area contributed by atoms with Crippen molar-refractivity contribution in [2.45, 2.75) is 18.6 Å². The first-order chi connectivity index (χ1) is 8.88. The van der Waals surface area contributed by atoms with Crippen LogP contribution in [0.2, 0.25) is 10.0 Å². The van der Waals surface area contributed by atoms with E-state index in [4.69, 9.17) is 23.2 Å². The molecular weight excluding hydrogens is 309 g/mol. The predicted octanol–water partition coefficient (Wildman–Crippen LogP) is 3.08. The van der Waals surface area contributed by atoms with Gasteiger partial charge in [0.15, 0.2) is 10.9 Å². The van der Waals surface area contributed by atoms with Gasteiger partial charge in [0.25, 0.3) is 0 Å². The fraction of sp³-hybridized carbons (Fsp3) is 0.333. The summed E-state index contributed by atoms with van der Waals surface area (Å²) in [5.41, 5.74) is 0.286. The Labute approximate surface area is 124 Å². The predicted molar refractivity (Wildman–Crippen MR) is 77.2 cm³/mol. The van der Waals surface area contributed by atoms with Gasteiger partial charge in [0.2, 0.25) is 5.91 Å². The third kappa shape index (κ3) is 3.16. The zero-order valence-corrected chi connectivity index (χ0v) is 12.3. The van der Waals surface area contributed by atoms with E-state index in [1.165, 1.54) is 24.0 Å². The number of phenolic OH excluding ortho intramolecular Hbond substituents is 1. The molecule has 1 saturated heterocycles. The van der Waals surface area contributed by atoms with Crippen molar-refractivity contribution in [1.82, 2.24) is 0 Å². The summed E-state index contributed by atoms with van der Waals surface area (Å²) in [7, 11) is 0. The molecule has 2 rings (SSSR count). The molecule has 102 valence electrons. The van der Waals surface area contributed by atoms with Crippen LogP contribution in [0.25, 0.3) is 0 Å². The van der Waals surface area contributed by atoms with Crippen molar-refractivity contribution >= 4 is 51.7 Å². The Morgan fingerprint density at radius 3 is 2.79 bits per heavy atom. The standard InChI is InChI=1S/C12H11Cl2NO3S/c1-6(16)19-8-4-11(17)15(5-8)10-3-7(13)2-9(14)12(10)18/h2-3,8,18H,4-5H2,1H3. The van der Waals surface area contributed by atoms with Crippen LogP contribution in [0.5, 0.6) is 5.75 Å². The van der Waals surface area contributed by atoms with E-state index in [1.807, 2.05) is 0 Å². The third-order valence-electron chi connectivity index (χ3n) is 2.72. The Morgan fingerprint density at radius 2 is 2.16 bits per heavy atom. The summed E-state index contributed by atoms with van der Waals surface area (Å²) in [5, 5.41) is 10.2. The lowest BCUT2D eigenvalue weighted by Gasteiger charge is -2.18. The number of aromatic hydroxyl groups is 1. The molecule has 4 nitrogen and oxygen atoms in total. The number of hydrogen-bond donors (Lipinski definition) is 1. The molecular formula is C12H11Cl2NO3S. The van der Waals surface area contributed by atoms with Crippen molar-refractivity contribution in [2.75, 3.05) is 11.4 Å². The van der Waals surface area contributed by atoms with Crippen LogP contribution < -0.4 is 4.90 Å². The van der Waals surface area contributed by atoms with Gasteiger partial charge in [0.1, 0.15) is 0 Å². The molecule has 1 atom stereocenters. The highest BCUT2D eigenvalue weighted by molar-refractivity contribution is 8.14. The van der Waals surface area contributed by atoms with Gasteiger partial charge in [0.05, 0.1) is 10.7 Å². The van der Waals surface area contributed by atoms with Crippen molar-refractivity contribution in [2.24, 2.45) is 0 Å². The maximum atomic E-state index is 11.9. The molecule has 1 unspecified atom stereocenters. The van der Waals surface area contributed by atoms with Gasteiger partial charge in [-0.2, -0.15) is 0 Å². The Kier molecular flexibility index (Phi) is 4.28. The summed E-state index contributed by atoms with van der Waals surface area (Å²) in [4.78, 5) is 24.4. The summed E-state index contributed by atoms with van der Waals surface area (Å²) in [6.45, 7) is 1.82. The van der Waals surface area contributed by atoms with Crippen molar-refractivity contribution in [1.29, 1.82) is 0 Å². The molecule has 1 N–H and O–H groups in total. The van der Waals surface area contributed by atoms with E-state index < -0.39 is 0 Å². The second-order valence-electron chi connectivity index (χ2n) is 4.20. The van der Waals surface area contributed by atoms with Gasteiger partial charge in [-0.1, -0.05) is 35.0 Å². The van der Waals surface area contributed by atoms with Crippen LogP contribution in [0, 0.1) is 0 Å². The highest BCUT2D eigenvalue weighted by atomic mass is 35.5. The number of amides is 1. The monoisotopic (exact) mass is 319 g/mol. The van der Waals surface area contributed by atoms with Gasteiger partial charge >= 0.3 is 0 Å². The first kappa shape index (κ1) is 14.5. The number of thioether (sulfide) groups is 1. The quantitative estimate of drug-likeness (QED) is 0.910. The largest absolute Gasteiger partial charge is 0.504 e. The Bertz CT molecular complexity index is 550. The van der Waals surface area contributed by atoms with Crippen LogP contribution in [-0.2, 0) is 9.59 Å². The first-order valence-electron chi connectivity index (χ1n) is 5.54. The van der Waals surface area contributed by atoms with Gasteiger partial charge in [-0.3, -0.25) is 9.59 Å². The maximum absolute atomic E-state index is 11.9. The molecule has 1 aromatic carbocycles. The minimum atomic E-state index is -0.173. The van der Waals surface area contributed by atoms with Gasteiger partial charge in [-0.05, 0) is 12.1 Å². The van der Waals surface area contributed by atoms with Crippen LogP contribution in [0.1, 0.15) is 13.3 Å². The van der Waals surface area contributed by atoms with E-state index in [2.05, 4.69) is 0 Å². The van der Waals surface area contributed by atoms with Crippen LogP contribution in [-0.4, -0.2) is 27.9 Å². The smallest absolute Gasteiger partial charge is 0.228 e. The lowest BCUT2D eigenvalue weighted by molar-refractivity contribution is -0.117. The number of anilines is 1. The fourth-order valence-corrected chi connectivity index (χ4v) is 3.38. The van der Waals surface area contributed by atoms with Gasteiger partial charge in [-0.15, -0.1) is 0 Å². The van der Waals surface area contributed by atoms with Crippen LogP contribution >= 0.6 is 35.0 Å². The second-order valence-corrected chi connectivity index (χ2v) is 6.52. The Morgan fingerprint density at radius 1 is 1.47 bits per heavy atom. The van der Waals surface area contributed by atoms with E-state index in [1.54, 1.807) is 0 Å². The molecule has 1 heterocycles. The third-order valence-corrected chi connectivity index (χ3v) is 4.21. The Balaban J connectivity index is 2.28. The average Bonchev–Trinajstić information content (AvgIpc) is 2.63. The zero-order valence-electron chi connectivity index (χ0n) is 10.0. The number of phenols is 1. The molecule has 0 spiro atoms. The molecule has 1 amide bonds. The lowest BCUT2D eigenvalue weighted by Crippen LogP contribution is -2.25. The van der Waals surface area contributed by atoms with Crippen molar-refractivity contribution < 1.29 is 14.7 Å². The lowest BCUT2D eigenvalue weighted by atomic mass is 10.2. The molecule has 1 aliphatic heterocycles. The van der Waals surface area contributed by atoms with Crippen molar-refractivity contribution in [3.63, 3.8) is 0 Å². The normalized spacial score (nSPS) is 19.0. The molecule has 0 radical (unpaired) electrons. The topological polar surface area (TPSA) is 57.6 Å². The molecule has 1 aliphatic rings. The summed E-state index contributed by atoms with van der Waals surface area (Å²) in [5.74, 6) is -0.333. The Hall–Kier alpha value is -0.910. The molecule has 1 aromatic rings. The van der Waals surface area contributed by atoms with E-state index in [-0.39, 0.29) is 39.2 Å². The minimum Gasteiger partial charge on any atom is -0.504 e. The van der Waals surface area contributed by atoms with Crippen molar-refractivity contribution in [3.05, 3.63) is 22.2 Å². The fourth-order valence-electron chi connectivity index (χ4n) is 1.98. The van der Waals surface area contributed by atoms with Crippen LogP contribution in [0.3, 0.4) is 0 Å². The SMILES string of the molecule is CC(=O)SC1CC(=O)N(c2cc(Cl)cc(Cl)c2O)C1. The number of carbonyl (C=O) groups excluding carboxylic acids is 2. The maximum Gasteiger partial charge on any atom is 0.228 e. The van der Waals surface area contributed by atoms with Crippen LogP contribution in [0.4, 0.5) is 5.69 Å². The number of hydrogen-bond acceptors (Lipinski definition) is 4. The minimum absolute atomic E-state index is 0.0343. The molecule has 0 saturated carbocycles. The molecule has 7 heteroatoms. The molecule has 1 fully saturated rings.